The quantitative estimate of drug-likeness (QED) is 0.723. The summed E-state index contributed by atoms with van der Waals surface area (Å²) in [4.78, 5) is 20.9. The normalized spacial score (nSPS) is 12.3. The van der Waals surface area contributed by atoms with Crippen LogP contribution in [-0.2, 0) is 21.3 Å². The molecule has 1 rings (SSSR count). The first-order valence-corrected chi connectivity index (χ1v) is 5.43. The van der Waals surface area contributed by atoms with Crippen molar-refractivity contribution in [3.8, 4) is 0 Å². The van der Waals surface area contributed by atoms with Crippen LogP contribution in [0.3, 0.4) is 0 Å². The number of aromatic carboxylic acids is 1. The van der Waals surface area contributed by atoms with Crippen molar-refractivity contribution in [3.05, 3.63) is 23.7 Å². The Balaban J connectivity index is 2.61. The van der Waals surface area contributed by atoms with E-state index in [4.69, 9.17) is 15.3 Å². The van der Waals surface area contributed by atoms with Gasteiger partial charge < -0.3 is 15.3 Å². The highest BCUT2D eigenvalue weighted by atomic mass is 32.2. The van der Waals surface area contributed by atoms with Gasteiger partial charge in [-0.1, -0.05) is 0 Å². The lowest BCUT2D eigenvalue weighted by molar-refractivity contribution is -0.115. The summed E-state index contributed by atoms with van der Waals surface area (Å²) < 4.78 is 16.1. The van der Waals surface area contributed by atoms with E-state index in [0.717, 1.165) is 0 Å². The van der Waals surface area contributed by atoms with Gasteiger partial charge in [0.05, 0.1) is 5.75 Å². The van der Waals surface area contributed by atoms with E-state index < -0.39 is 22.7 Å². The van der Waals surface area contributed by atoms with Crippen LogP contribution in [0.25, 0.3) is 0 Å². The smallest absolute Gasteiger partial charge is 0.371 e. The lowest BCUT2D eigenvalue weighted by Crippen LogP contribution is -2.20. The number of hydrogen-bond donors (Lipinski definition) is 2. The average Bonchev–Trinajstić information content (AvgIpc) is 2.50. The Bertz CT molecular complexity index is 411. The number of primary amides is 1. The molecule has 0 saturated carbocycles. The van der Waals surface area contributed by atoms with Crippen molar-refractivity contribution < 1.29 is 23.3 Å². The summed E-state index contributed by atoms with van der Waals surface area (Å²) in [7, 11) is -1.46. The van der Waals surface area contributed by atoms with E-state index in [-0.39, 0.29) is 23.0 Å². The van der Waals surface area contributed by atoms with E-state index in [9.17, 15) is 13.8 Å². The van der Waals surface area contributed by atoms with Gasteiger partial charge in [0, 0.05) is 10.8 Å². The highest BCUT2D eigenvalue weighted by Crippen LogP contribution is 2.10. The molecular weight excluding hydrogens is 222 g/mol. The Labute approximate surface area is 87.5 Å². The number of nitrogens with two attached hydrogens (primary N) is 1. The molecule has 15 heavy (non-hydrogen) atoms. The second kappa shape index (κ2) is 4.74. The number of rotatable bonds is 5. The molecular formula is C8H9NO5S. The second-order valence-corrected chi connectivity index (χ2v) is 4.22. The van der Waals surface area contributed by atoms with E-state index >= 15 is 0 Å². The fraction of sp³-hybridized carbons (Fsp3) is 0.250. The van der Waals surface area contributed by atoms with Gasteiger partial charge in [-0.3, -0.25) is 9.00 Å². The van der Waals surface area contributed by atoms with E-state index in [1.807, 2.05) is 0 Å². The van der Waals surface area contributed by atoms with Crippen LogP contribution in [-0.4, -0.2) is 26.9 Å². The van der Waals surface area contributed by atoms with E-state index in [2.05, 4.69) is 0 Å². The molecule has 7 heteroatoms. The number of carbonyl (C=O) groups excluding carboxylic acids is 1. The highest BCUT2D eigenvalue weighted by molar-refractivity contribution is 7.84. The maximum absolute atomic E-state index is 11.2. The predicted octanol–water partition coefficient (Wildman–Crippen LogP) is -0.288. The van der Waals surface area contributed by atoms with Gasteiger partial charge >= 0.3 is 5.97 Å². The van der Waals surface area contributed by atoms with Crippen LogP contribution in [0.2, 0.25) is 0 Å². The summed E-state index contributed by atoms with van der Waals surface area (Å²) in [6.07, 6.45) is 0. The minimum atomic E-state index is -1.46. The number of amides is 1. The lowest BCUT2D eigenvalue weighted by Gasteiger charge is -1.95. The topological polar surface area (TPSA) is 111 Å². The molecule has 0 aliphatic rings. The van der Waals surface area contributed by atoms with Crippen molar-refractivity contribution >= 4 is 22.7 Å². The van der Waals surface area contributed by atoms with Gasteiger partial charge in [-0.2, -0.15) is 0 Å². The molecule has 0 saturated heterocycles. The molecule has 1 aromatic rings. The largest absolute Gasteiger partial charge is 0.475 e. The highest BCUT2D eigenvalue weighted by Gasteiger charge is 2.12. The van der Waals surface area contributed by atoms with Gasteiger partial charge in [-0.15, -0.1) is 0 Å². The van der Waals surface area contributed by atoms with Crippen LogP contribution in [0, 0.1) is 0 Å². The number of carboxylic acid groups (broad SMARTS) is 1. The number of hydrogen-bond acceptors (Lipinski definition) is 4. The molecule has 0 bridgehead atoms. The van der Waals surface area contributed by atoms with Crippen molar-refractivity contribution in [2.45, 2.75) is 5.75 Å². The molecule has 0 spiro atoms. The van der Waals surface area contributed by atoms with E-state index in [0.29, 0.717) is 0 Å². The molecule has 1 unspecified atom stereocenters. The Morgan fingerprint density at radius 3 is 2.60 bits per heavy atom. The number of furan rings is 1. The van der Waals surface area contributed by atoms with Crippen molar-refractivity contribution in [1.82, 2.24) is 0 Å². The second-order valence-electron chi connectivity index (χ2n) is 2.77. The first kappa shape index (κ1) is 11.4. The summed E-state index contributed by atoms with van der Waals surface area (Å²) in [6.45, 7) is 0. The van der Waals surface area contributed by atoms with Gasteiger partial charge in [0.15, 0.2) is 0 Å². The number of carboxylic acids is 1. The van der Waals surface area contributed by atoms with Gasteiger partial charge in [-0.25, -0.2) is 4.79 Å². The summed E-state index contributed by atoms with van der Waals surface area (Å²) in [6, 6.07) is 2.67. The van der Waals surface area contributed by atoms with Crippen molar-refractivity contribution in [1.29, 1.82) is 0 Å². The Morgan fingerprint density at radius 1 is 1.47 bits per heavy atom. The third kappa shape index (κ3) is 3.55. The molecule has 0 radical (unpaired) electrons. The molecule has 1 amide bonds. The van der Waals surface area contributed by atoms with Gasteiger partial charge in [0.1, 0.15) is 11.5 Å². The summed E-state index contributed by atoms with van der Waals surface area (Å²) in [5.74, 6) is -2.10. The molecule has 0 aliphatic heterocycles. The van der Waals surface area contributed by atoms with E-state index in [1.165, 1.54) is 12.1 Å². The standard InChI is InChI=1S/C8H9NO5S/c9-7(10)4-15(13)3-5-1-2-6(14-5)8(11)12/h1-2H,3-4H2,(H2,9,10)(H,11,12). The fourth-order valence-electron chi connectivity index (χ4n) is 0.939. The van der Waals surface area contributed by atoms with Crippen LogP contribution >= 0.6 is 0 Å². The minimum Gasteiger partial charge on any atom is -0.475 e. The molecule has 1 aromatic heterocycles. The Hall–Kier alpha value is -1.63. The zero-order valence-electron chi connectivity index (χ0n) is 7.63. The molecule has 0 fully saturated rings. The Morgan fingerprint density at radius 2 is 2.13 bits per heavy atom. The molecule has 1 heterocycles. The predicted molar refractivity (Wildman–Crippen MR) is 51.6 cm³/mol. The van der Waals surface area contributed by atoms with Gasteiger partial charge in [0.25, 0.3) is 0 Å². The van der Waals surface area contributed by atoms with Crippen LogP contribution in [0.15, 0.2) is 16.5 Å². The zero-order chi connectivity index (χ0) is 11.4. The first-order chi connectivity index (χ1) is 6.99. The van der Waals surface area contributed by atoms with E-state index in [1.54, 1.807) is 0 Å². The molecule has 82 valence electrons. The molecule has 3 N–H and O–H groups in total. The molecule has 0 aromatic carbocycles. The van der Waals surface area contributed by atoms with Crippen molar-refractivity contribution in [2.24, 2.45) is 5.73 Å². The first-order valence-electron chi connectivity index (χ1n) is 3.94. The van der Waals surface area contributed by atoms with Crippen LogP contribution in [0.5, 0.6) is 0 Å². The molecule has 1 atom stereocenters. The van der Waals surface area contributed by atoms with Gasteiger partial charge in [0.2, 0.25) is 11.7 Å². The summed E-state index contributed by atoms with van der Waals surface area (Å²) >= 11 is 0. The van der Waals surface area contributed by atoms with Crippen molar-refractivity contribution in [3.63, 3.8) is 0 Å². The lowest BCUT2D eigenvalue weighted by atomic mass is 10.4. The summed E-state index contributed by atoms with van der Waals surface area (Å²) in [5, 5.41) is 8.53. The molecule has 0 aliphatic carbocycles. The van der Waals surface area contributed by atoms with Crippen LogP contribution in [0.4, 0.5) is 0 Å². The zero-order valence-corrected chi connectivity index (χ0v) is 8.45. The molecule has 6 nitrogen and oxygen atoms in total. The fourth-order valence-corrected chi connectivity index (χ4v) is 1.83. The third-order valence-electron chi connectivity index (χ3n) is 1.48. The maximum Gasteiger partial charge on any atom is 0.371 e. The average molecular weight is 231 g/mol. The van der Waals surface area contributed by atoms with Gasteiger partial charge in [-0.05, 0) is 12.1 Å². The van der Waals surface area contributed by atoms with Crippen molar-refractivity contribution in [2.75, 3.05) is 5.75 Å². The van der Waals surface area contributed by atoms with Crippen LogP contribution in [0.1, 0.15) is 16.3 Å². The summed E-state index contributed by atoms with van der Waals surface area (Å²) in [5.41, 5.74) is 4.84. The minimum absolute atomic E-state index is 0.0176. The monoisotopic (exact) mass is 231 g/mol. The SMILES string of the molecule is NC(=O)CS(=O)Cc1ccc(C(=O)O)o1. The van der Waals surface area contributed by atoms with Crippen LogP contribution < -0.4 is 5.73 Å². The number of carbonyl (C=O) groups is 2. The third-order valence-corrected chi connectivity index (χ3v) is 2.69. The maximum atomic E-state index is 11.2. The Kier molecular flexibility index (Phi) is 3.62.